The molecule has 19 heavy (non-hydrogen) atoms. The molecule has 1 saturated heterocycles. The lowest BCUT2D eigenvalue weighted by Gasteiger charge is -2.35. The average Bonchev–Trinajstić information content (AvgIpc) is 2.38. The molecule has 0 amide bonds. The van der Waals surface area contributed by atoms with Gasteiger partial charge in [0.25, 0.3) is 0 Å². The van der Waals surface area contributed by atoms with E-state index in [-0.39, 0.29) is 18.0 Å². The summed E-state index contributed by atoms with van der Waals surface area (Å²) >= 11 is 0. The summed E-state index contributed by atoms with van der Waals surface area (Å²) in [5, 5.41) is 16.6. The number of hydrogen-bond acceptors (Lipinski definition) is 3. The van der Waals surface area contributed by atoms with Crippen LogP contribution in [0.25, 0.3) is 0 Å². The fourth-order valence-corrected chi connectivity index (χ4v) is 2.74. The number of nitrogens with zero attached hydrogens (tertiary/aromatic N) is 1. The Bertz CT molecular complexity index is 462. The summed E-state index contributed by atoms with van der Waals surface area (Å²) in [6.45, 7) is 1.80. The number of anilines is 1. The zero-order valence-electron chi connectivity index (χ0n) is 10.9. The Morgan fingerprint density at radius 3 is 3.00 bits per heavy atom. The molecular weight excluding hydrogens is 245 g/mol. The Morgan fingerprint density at radius 1 is 1.53 bits per heavy atom. The van der Waals surface area contributed by atoms with Crippen LogP contribution < -0.4 is 10.6 Å². The highest BCUT2D eigenvalue weighted by Crippen LogP contribution is 2.28. The number of nitrogen functional groups attached to an aromatic ring is 1. The van der Waals surface area contributed by atoms with E-state index in [4.69, 9.17) is 16.2 Å². The maximum Gasteiger partial charge on any atom is 0.136 e. The number of nitrogens with one attached hydrogen (secondary N) is 1. The van der Waals surface area contributed by atoms with Crippen molar-refractivity contribution in [2.24, 2.45) is 11.7 Å². The molecule has 0 aliphatic carbocycles. The normalized spacial score (nSPS) is 19.5. The van der Waals surface area contributed by atoms with E-state index < -0.39 is 5.82 Å². The van der Waals surface area contributed by atoms with Gasteiger partial charge in [-0.1, -0.05) is 6.07 Å². The molecular formula is C14H20FN3O. The number of nitrogens with two attached hydrogens (primary N) is 1. The summed E-state index contributed by atoms with van der Waals surface area (Å²) in [4.78, 5) is 2.07. The second-order valence-electron chi connectivity index (χ2n) is 5.01. The molecule has 2 rings (SSSR count). The van der Waals surface area contributed by atoms with Crippen molar-refractivity contribution in [3.63, 3.8) is 0 Å². The van der Waals surface area contributed by atoms with Crippen LogP contribution in [0.2, 0.25) is 0 Å². The van der Waals surface area contributed by atoms with Crippen LogP contribution in [0.1, 0.15) is 24.8 Å². The average molecular weight is 265 g/mol. The summed E-state index contributed by atoms with van der Waals surface area (Å²) in [6, 6.07) is 4.78. The van der Waals surface area contributed by atoms with E-state index in [1.807, 2.05) is 0 Å². The number of halogens is 1. The molecule has 0 spiro atoms. The molecule has 4 N–H and O–H groups in total. The topological polar surface area (TPSA) is 73.3 Å². The van der Waals surface area contributed by atoms with Crippen molar-refractivity contribution in [3.8, 4) is 0 Å². The predicted octanol–water partition coefficient (Wildman–Crippen LogP) is 1.71. The minimum atomic E-state index is -0.450. The summed E-state index contributed by atoms with van der Waals surface area (Å²) < 4.78 is 13.8. The number of aliphatic hydroxyl groups excluding tert-OH is 1. The predicted molar refractivity (Wildman–Crippen MR) is 74.1 cm³/mol. The molecule has 1 aliphatic heterocycles. The third kappa shape index (κ3) is 3.04. The molecule has 1 aliphatic rings. The summed E-state index contributed by atoms with van der Waals surface area (Å²) in [5.74, 6) is -0.270. The van der Waals surface area contributed by atoms with E-state index >= 15 is 0 Å². The van der Waals surface area contributed by atoms with Crippen molar-refractivity contribution < 1.29 is 9.50 Å². The van der Waals surface area contributed by atoms with E-state index in [0.717, 1.165) is 32.4 Å². The Balaban J connectivity index is 2.26. The van der Waals surface area contributed by atoms with E-state index in [2.05, 4.69) is 4.90 Å². The number of piperidine rings is 1. The van der Waals surface area contributed by atoms with Crippen LogP contribution in [0.15, 0.2) is 18.2 Å². The van der Waals surface area contributed by atoms with Gasteiger partial charge in [0.2, 0.25) is 0 Å². The molecule has 104 valence electrons. The molecule has 1 aromatic rings. The minimum Gasteiger partial charge on any atom is -0.396 e. The fraction of sp³-hybridized carbons (Fsp3) is 0.500. The molecule has 4 nitrogen and oxygen atoms in total. The van der Waals surface area contributed by atoms with Gasteiger partial charge in [-0.15, -0.1) is 0 Å². The lowest BCUT2D eigenvalue weighted by Crippen LogP contribution is -2.37. The van der Waals surface area contributed by atoms with Gasteiger partial charge in [0, 0.05) is 19.7 Å². The van der Waals surface area contributed by atoms with Crippen LogP contribution in [-0.4, -0.2) is 30.6 Å². The van der Waals surface area contributed by atoms with Crippen LogP contribution in [0.5, 0.6) is 0 Å². The van der Waals surface area contributed by atoms with Gasteiger partial charge in [0.05, 0.1) is 11.3 Å². The van der Waals surface area contributed by atoms with Gasteiger partial charge in [-0.25, -0.2) is 4.39 Å². The zero-order chi connectivity index (χ0) is 13.8. The number of hydrogen-bond donors (Lipinski definition) is 3. The number of aliphatic hydroxyl groups is 1. The SMILES string of the molecule is N=C(N)c1c(F)cccc1N1CCCC(CCO)C1. The third-order valence-electron chi connectivity index (χ3n) is 3.66. The summed E-state index contributed by atoms with van der Waals surface area (Å²) in [7, 11) is 0. The van der Waals surface area contributed by atoms with Gasteiger partial charge in [0.1, 0.15) is 11.7 Å². The lowest BCUT2D eigenvalue weighted by molar-refractivity contribution is 0.244. The molecule has 1 unspecified atom stereocenters. The first-order valence-corrected chi connectivity index (χ1v) is 6.62. The van der Waals surface area contributed by atoms with Crippen LogP contribution in [-0.2, 0) is 0 Å². The lowest BCUT2D eigenvalue weighted by atomic mass is 9.94. The quantitative estimate of drug-likeness (QED) is 0.573. The third-order valence-corrected chi connectivity index (χ3v) is 3.66. The van der Waals surface area contributed by atoms with Gasteiger partial charge in [-0.2, -0.15) is 0 Å². The minimum absolute atomic E-state index is 0.182. The van der Waals surface area contributed by atoms with Gasteiger partial charge < -0.3 is 15.7 Å². The highest BCUT2D eigenvalue weighted by atomic mass is 19.1. The molecule has 1 atom stereocenters. The molecule has 0 bridgehead atoms. The van der Waals surface area contributed by atoms with E-state index in [1.165, 1.54) is 6.07 Å². The molecule has 1 aromatic carbocycles. The first-order valence-electron chi connectivity index (χ1n) is 6.62. The van der Waals surface area contributed by atoms with E-state index in [9.17, 15) is 4.39 Å². The number of rotatable bonds is 4. The second-order valence-corrected chi connectivity index (χ2v) is 5.01. The van der Waals surface area contributed by atoms with E-state index in [1.54, 1.807) is 12.1 Å². The van der Waals surface area contributed by atoms with Gasteiger partial charge in [-0.3, -0.25) is 5.41 Å². The molecule has 0 radical (unpaired) electrons. The van der Waals surface area contributed by atoms with Crippen LogP contribution in [0, 0.1) is 17.1 Å². The second kappa shape index (κ2) is 6.02. The maximum absolute atomic E-state index is 13.8. The first kappa shape index (κ1) is 13.8. The largest absolute Gasteiger partial charge is 0.396 e. The molecule has 0 aromatic heterocycles. The Morgan fingerprint density at radius 2 is 2.32 bits per heavy atom. The highest BCUT2D eigenvalue weighted by molar-refractivity contribution is 6.00. The Kier molecular flexibility index (Phi) is 4.37. The Hall–Kier alpha value is -1.62. The number of benzene rings is 1. The molecule has 1 heterocycles. The van der Waals surface area contributed by atoms with Gasteiger partial charge in [0.15, 0.2) is 0 Å². The van der Waals surface area contributed by atoms with Crippen LogP contribution in [0.4, 0.5) is 10.1 Å². The van der Waals surface area contributed by atoms with Crippen LogP contribution >= 0.6 is 0 Å². The molecule has 5 heteroatoms. The smallest absolute Gasteiger partial charge is 0.136 e. The fourth-order valence-electron chi connectivity index (χ4n) is 2.74. The molecule has 1 fully saturated rings. The van der Waals surface area contributed by atoms with Crippen molar-refractivity contribution in [2.45, 2.75) is 19.3 Å². The van der Waals surface area contributed by atoms with Crippen molar-refractivity contribution >= 4 is 11.5 Å². The summed E-state index contributed by atoms with van der Waals surface area (Å²) in [6.07, 6.45) is 2.86. The standard InChI is InChI=1S/C14H20FN3O/c15-11-4-1-5-12(13(11)14(16)17)18-7-2-3-10(9-18)6-8-19/h1,4-5,10,19H,2-3,6-9H2,(H3,16,17). The Labute approximate surface area is 112 Å². The van der Waals surface area contributed by atoms with E-state index in [0.29, 0.717) is 11.6 Å². The van der Waals surface area contributed by atoms with Crippen molar-refractivity contribution in [1.82, 2.24) is 0 Å². The zero-order valence-corrected chi connectivity index (χ0v) is 10.9. The van der Waals surface area contributed by atoms with Crippen molar-refractivity contribution in [2.75, 3.05) is 24.6 Å². The van der Waals surface area contributed by atoms with Crippen LogP contribution in [0.3, 0.4) is 0 Å². The monoisotopic (exact) mass is 265 g/mol. The van der Waals surface area contributed by atoms with Gasteiger partial charge in [-0.05, 0) is 37.3 Å². The first-order chi connectivity index (χ1) is 9.13. The molecule has 0 saturated carbocycles. The van der Waals surface area contributed by atoms with Crippen molar-refractivity contribution in [3.05, 3.63) is 29.6 Å². The van der Waals surface area contributed by atoms with Gasteiger partial charge >= 0.3 is 0 Å². The summed E-state index contributed by atoms with van der Waals surface area (Å²) in [5.41, 5.74) is 6.37. The number of amidine groups is 1. The van der Waals surface area contributed by atoms with Crippen molar-refractivity contribution in [1.29, 1.82) is 5.41 Å². The maximum atomic E-state index is 13.8. The highest BCUT2D eigenvalue weighted by Gasteiger charge is 2.23.